The highest BCUT2D eigenvalue weighted by Gasteiger charge is 2.29. The van der Waals surface area contributed by atoms with E-state index in [4.69, 9.17) is 14.6 Å². The number of nitrogens with zero attached hydrogens (tertiary/aromatic N) is 2. The van der Waals surface area contributed by atoms with Crippen LogP contribution in [0.25, 0.3) is 10.9 Å². The molecule has 2 aromatic carbocycles. The molecule has 0 radical (unpaired) electrons. The Labute approximate surface area is 208 Å². The number of fused-ring (bicyclic) bond motifs is 3. The Balaban J connectivity index is 1.44. The van der Waals surface area contributed by atoms with Gasteiger partial charge in [0.2, 0.25) is 0 Å². The molecule has 184 valence electrons. The van der Waals surface area contributed by atoms with E-state index in [1.54, 1.807) is 30.5 Å². The van der Waals surface area contributed by atoms with Crippen molar-refractivity contribution in [3.05, 3.63) is 94.7 Å². The number of aromatic nitrogens is 2. The van der Waals surface area contributed by atoms with Gasteiger partial charge >= 0.3 is 5.97 Å². The van der Waals surface area contributed by atoms with Gasteiger partial charge in [-0.1, -0.05) is 12.1 Å². The number of aliphatic carboxylic acids is 1. The van der Waals surface area contributed by atoms with E-state index in [0.717, 1.165) is 17.7 Å². The number of benzene rings is 2. The van der Waals surface area contributed by atoms with Crippen LogP contribution in [0.15, 0.2) is 54.7 Å². The second kappa shape index (κ2) is 10.1. The first-order valence-electron chi connectivity index (χ1n) is 11.0. The lowest BCUT2D eigenvalue weighted by molar-refractivity contribution is -0.136. The van der Waals surface area contributed by atoms with Crippen molar-refractivity contribution in [2.75, 3.05) is 5.75 Å². The summed E-state index contributed by atoms with van der Waals surface area (Å²) < 4.78 is 53.8. The molecule has 36 heavy (non-hydrogen) atoms. The number of pyridine rings is 2. The highest BCUT2D eigenvalue weighted by atomic mass is 32.2. The van der Waals surface area contributed by atoms with Crippen molar-refractivity contribution in [1.82, 2.24) is 9.97 Å². The Kier molecular flexibility index (Phi) is 6.69. The van der Waals surface area contributed by atoms with Crippen molar-refractivity contribution >= 4 is 28.6 Å². The third kappa shape index (κ3) is 4.94. The molecule has 1 N–H and O–H groups in total. The molecule has 2 aromatic heterocycles. The number of carboxylic acids is 1. The molecule has 10 heteroatoms. The zero-order valence-electron chi connectivity index (χ0n) is 18.7. The number of hydrogen-bond acceptors (Lipinski definition) is 6. The minimum Gasteiger partial charge on any atom is -0.487 e. The standard InChI is InChI=1S/C26H19F3N2O4S/c27-19-8-14-3-4-15(31-22(14)11-20(19)28)12-34-16-9-18-25(21(29)10-16)35-13-23-17(2-1-6-30-23)26(18)36-7-5-24(32)33/h1-4,6,8-11,26H,5,7,12-13H2,(H,32,33). The summed E-state index contributed by atoms with van der Waals surface area (Å²) in [5.74, 6) is -2.91. The minimum absolute atomic E-state index is 0.0387. The Morgan fingerprint density at radius 1 is 1.08 bits per heavy atom. The van der Waals surface area contributed by atoms with Crippen molar-refractivity contribution in [1.29, 1.82) is 0 Å². The van der Waals surface area contributed by atoms with Crippen LogP contribution in [0.3, 0.4) is 0 Å². The van der Waals surface area contributed by atoms with Gasteiger partial charge in [-0.2, -0.15) is 0 Å². The first-order valence-corrected chi connectivity index (χ1v) is 12.0. The molecule has 5 rings (SSSR count). The number of rotatable bonds is 7. The molecular weight excluding hydrogens is 493 g/mol. The van der Waals surface area contributed by atoms with E-state index in [1.807, 2.05) is 6.07 Å². The number of thioether (sulfide) groups is 1. The second-order valence-electron chi connectivity index (χ2n) is 8.10. The number of ether oxygens (including phenoxy) is 2. The zero-order valence-corrected chi connectivity index (χ0v) is 19.5. The maximum Gasteiger partial charge on any atom is 0.304 e. The Morgan fingerprint density at radius 2 is 1.92 bits per heavy atom. The fourth-order valence-electron chi connectivity index (χ4n) is 3.98. The van der Waals surface area contributed by atoms with Crippen LogP contribution in [0.5, 0.6) is 11.5 Å². The van der Waals surface area contributed by atoms with Gasteiger partial charge in [0.25, 0.3) is 0 Å². The topological polar surface area (TPSA) is 81.5 Å². The predicted molar refractivity (Wildman–Crippen MR) is 128 cm³/mol. The average Bonchev–Trinajstić information content (AvgIpc) is 3.01. The average molecular weight is 513 g/mol. The molecule has 0 aliphatic carbocycles. The Bertz CT molecular complexity index is 1470. The molecule has 4 aromatic rings. The first-order chi connectivity index (χ1) is 17.4. The maximum absolute atomic E-state index is 15.2. The van der Waals surface area contributed by atoms with Gasteiger partial charge in [0.1, 0.15) is 19.0 Å². The van der Waals surface area contributed by atoms with Crippen molar-refractivity contribution in [3.63, 3.8) is 0 Å². The normalized spacial score (nSPS) is 14.5. The van der Waals surface area contributed by atoms with Gasteiger partial charge in [-0.15, -0.1) is 11.8 Å². The summed E-state index contributed by atoms with van der Waals surface area (Å²) in [5.41, 5.74) is 2.69. The summed E-state index contributed by atoms with van der Waals surface area (Å²) in [4.78, 5) is 19.7. The highest BCUT2D eigenvalue weighted by Crippen LogP contribution is 2.46. The molecule has 1 atom stereocenters. The Hall–Kier alpha value is -3.79. The van der Waals surface area contributed by atoms with Gasteiger partial charge < -0.3 is 14.6 Å². The molecule has 0 saturated carbocycles. The largest absolute Gasteiger partial charge is 0.487 e. The molecule has 0 fully saturated rings. The van der Waals surface area contributed by atoms with Crippen LogP contribution in [0, 0.1) is 17.5 Å². The fraction of sp³-hybridized carbons (Fsp3) is 0.192. The van der Waals surface area contributed by atoms with Crippen LogP contribution in [-0.2, 0) is 18.0 Å². The van der Waals surface area contributed by atoms with Crippen LogP contribution >= 0.6 is 11.8 Å². The third-order valence-electron chi connectivity index (χ3n) is 5.67. The second-order valence-corrected chi connectivity index (χ2v) is 9.31. The quantitative estimate of drug-likeness (QED) is 0.334. The lowest BCUT2D eigenvalue weighted by atomic mass is 10.0. The highest BCUT2D eigenvalue weighted by molar-refractivity contribution is 7.99. The molecule has 1 unspecified atom stereocenters. The Morgan fingerprint density at radius 3 is 2.75 bits per heavy atom. The molecule has 1 aliphatic rings. The van der Waals surface area contributed by atoms with Crippen molar-refractivity contribution < 1.29 is 32.5 Å². The van der Waals surface area contributed by atoms with E-state index >= 15 is 4.39 Å². The summed E-state index contributed by atoms with van der Waals surface area (Å²) in [7, 11) is 0. The number of carboxylic acid groups (broad SMARTS) is 1. The smallest absolute Gasteiger partial charge is 0.304 e. The molecule has 0 spiro atoms. The van der Waals surface area contributed by atoms with E-state index in [0.29, 0.717) is 28.1 Å². The lowest BCUT2D eigenvalue weighted by Gasteiger charge is -2.19. The van der Waals surface area contributed by atoms with Gasteiger partial charge in [-0.25, -0.2) is 18.2 Å². The summed E-state index contributed by atoms with van der Waals surface area (Å²) in [6.07, 6.45) is 1.57. The van der Waals surface area contributed by atoms with Gasteiger partial charge in [0.05, 0.1) is 28.6 Å². The van der Waals surface area contributed by atoms with E-state index in [1.165, 1.54) is 17.8 Å². The van der Waals surface area contributed by atoms with Gasteiger partial charge in [0.15, 0.2) is 23.2 Å². The van der Waals surface area contributed by atoms with E-state index in [-0.39, 0.29) is 36.7 Å². The van der Waals surface area contributed by atoms with E-state index in [9.17, 15) is 13.6 Å². The summed E-state index contributed by atoms with van der Waals surface area (Å²) in [6, 6.07) is 11.8. The van der Waals surface area contributed by atoms with Crippen molar-refractivity contribution in [2.24, 2.45) is 0 Å². The third-order valence-corrected chi connectivity index (χ3v) is 6.95. The van der Waals surface area contributed by atoms with Gasteiger partial charge in [0, 0.05) is 35.0 Å². The number of hydrogen-bond donors (Lipinski definition) is 1. The van der Waals surface area contributed by atoms with Gasteiger partial charge in [-0.05, 0) is 29.8 Å². The zero-order chi connectivity index (χ0) is 25.2. The maximum atomic E-state index is 15.2. The number of carbonyl (C=O) groups is 1. The molecule has 3 heterocycles. The molecule has 1 aliphatic heterocycles. The summed E-state index contributed by atoms with van der Waals surface area (Å²) in [5, 5.41) is 9.10. The van der Waals surface area contributed by atoms with Gasteiger partial charge in [-0.3, -0.25) is 9.78 Å². The van der Waals surface area contributed by atoms with Crippen LogP contribution in [0.2, 0.25) is 0 Å². The number of halogens is 3. The van der Waals surface area contributed by atoms with Crippen LogP contribution in [0.1, 0.15) is 34.2 Å². The lowest BCUT2D eigenvalue weighted by Crippen LogP contribution is -2.05. The molecule has 0 amide bonds. The summed E-state index contributed by atoms with van der Waals surface area (Å²) >= 11 is 1.36. The van der Waals surface area contributed by atoms with Crippen LogP contribution in [-0.4, -0.2) is 26.8 Å². The van der Waals surface area contributed by atoms with Crippen molar-refractivity contribution in [3.8, 4) is 11.5 Å². The molecular formula is C26H19F3N2O4S. The SMILES string of the molecule is O=C(O)CCSC1c2cccnc2COc2c(F)cc(OCc3ccc4cc(F)c(F)cc4n3)cc21. The molecule has 0 saturated heterocycles. The van der Waals surface area contributed by atoms with Crippen molar-refractivity contribution in [2.45, 2.75) is 24.9 Å². The van der Waals surface area contributed by atoms with E-state index in [2.05, 4.69) is 9.97 Å². The predicted octanol–water partition coefficient (Wildman–Crippen LogP) is 5.82. The first kappa shape index (κ1) is 23.9. The monoisotopic (exact) mass is 512 g/mol. The van der Waals surface area contributed by atoms with Crippen LogP contribution in [0.4, 0.5) is 13.2 Å². The summed E-state index contributed by atoms with van der Waals surface area (Å²) in [6.45, 7) is 0.0391. The molecule has 0 bridgehead atoms. The van der Waals surface area contributed by atoms with E-state index < -0.39 is 28.7 Å². The van der Waals surface area contributed by atoms with Crippen LogP contribution < -0.4 is 9.47 Å². The minimum atomic E-state index is -0.998. The fourth-order valence-corrected chi connectivity index (χ4v) is 5.26. The molecule has 6 nitrogen and oxygen atoms in total.